The molecule has 0 bridgehead atoms. The number of fused-ring (bicyclic) bond motifs is 1. The fourth-order valence-corrected chi connectivity index (χ4v) is 3.45. The average molecular weight is 312 g/mol. The third-order valence-corrected chi connectivity index (χ3v) is 4.75. The van der Waals surface area contributed by atoms with Crippen molar-refractivity contribution >= 4 is 22.7 Å². The molecule has 0 spiro atoms. The van der Waals surface area contributed by atoms with Gasteiger partial charge in [0.05, 0.1) is 11.6 Å². The van der Waals surface area contributed by atoms with Gasteiger partial charge in [-0.15, -0.1) is 0 Å². The molecule has 0 unspecified atom stereocenters. The van der Waals surface area contributed by atoms with Gasteiger partial charge in [-0.2, -0.15) is 4.98 Å². The lowest BCUT2D eigenvalue weighted by atomic mass is 10.1. The first kappa shape index (κ1) is 14.7. The molecule has 5 nitrogen and oxygen atoms in total. The van der Waals surface area contributed by atoms with Gasteiger partial charge in [0.15, 0.2) is 0 Å². The predicted molar refractivity (Wildman–Crippen MR) is 93.1 cm³/mol. The summed E-state index contributed by atoms with van der Waals surface area (Å²) in [6.45, 7) is 3.82. The summed E-state index contributed by atoms with van der Waals surface area (Å²) in [4.78, 5) is 11.9. The molecule has 2 aromatic rings. The first-order valence-corrected chi connectivity index (χ1v) is 8.77. The lowest BCUT2D eigenvalue weighted by Gasteiger charge is -2.27. The molecule has 1 N–H and O–H groups in total. The molecule has 2 aliphatic heterocycles. The van der Waals surface area contributed by atoms with E-state index in [0.717, 1.165) is 61.8 Å². The number of hydrogen-bond donors (Lipinski definition) is 1. The molecular formula is C18H24N4O. The maximum atomic E-state index is 5.72. The minimum absolute atomic E-state index is 0.308. The molecular weight excluding hydrogens is 288 g/mol. The van der Waals surface area contributed by atoms with E-state index in [4.69, 9.17) is 14.7 Å². The number of rotatable bonds is 4. The van der Waals surface area contributed by atoms with Gasteiger partial charge in [0.1, 0.15) is 5.82 Å². The van der Waals surface area contributed by atoms with Gasteiger partial charge >= 0.3 is 0 Å². The minimum Gasteiger partial charge on any atom is -0.376 e. The first-order chi connectivity index (χ1) is 11.4. The molecule has 2 fully saturated rings. The Morgan fingerprint density at radius 1 is 1.09 bits per heavy atom. The third kappa shape index (κ3) is 3.24. The van der Waals surface area contributed by atoms with E-state index in [1.165, 1.54) is 19.3 Å². The summed E-state index contributed by atoms with van der Waals surface area (Å²) >= 11 is 0. The normalized spacial score (nSPS) is 21.7. The van der Waals surface area contributed by atoms with Gasteiger partial charge in [-0.25, -0.2) is 4.98 Å². The maximum Gasteiger partial charge on any atom is 0.227 e. The predicted octanol–water partition coefficient (Wildman–Crippen LogP) is 3.21. The molecule has 2 aliphatic rings. The van der Waals surface area contributed by atoms with Gasteiger partial charge in [0.25, 0.3) is 0 Å². The van der Waals surface area contributed by atoms with Crippen LogP contribution in [0.5, 0.6) is 0 Å². The van der Waals surface area contributed by atoms with Crippen molar-refractivity contribution in [2.75, 3.05) is 36.5 Å². The molecule has 4 rings (SSSR count). The highest BCUT2D eigenvalue weighted by molar-refractivity contribution is 5.90. The smallest absolute Gasteiger partial charge is 0.227 e. The van der Waals surface area contributed by atoms with Crippen LogP contribution < -0.4 is 10.2 Å². The van der Waals surface area contributed by atoms with E-state index in [-0.39, 0.29) is 0 Å². The number of piperidine rings is 1. The number of anilines is 2. The van der Waals surface area contributed by atoms with Crippen molar-refractivity contribution in [3.8, 4) is 0 Å². The van der Waals surface area contributed by atoms with Crippen LogP contribution in [0.25, 0.3) is 10.9 Å². The number of aromatic nitrogens is 2. The van der Waals surface area contributed by atoms with Crippen molar-refractivity contribution in [3.63, 3.8) is 0 Å². The van der Waals surface area contributed by atoms with Gasteiger partial charge in [0, 0.05) is 31.6 Å². The van der Waals surface area contributed by atoms with Crippen molar-refractivity contribution in [2.45, 2.75) is 38.2 Å². The van der Waals surface area contributed by atoms with Crippen LogP contribution in [-0.2, 0) is 4.74 Å². The van der Waals surface area contributed by atoms with Crippen LogP contribution in [0.3, 0.4) is 0 Å². The summed E-state index contributed by atoms with van der Waals surface area (Å²) < 4.78 is 5.72. The van der Waals surface area contributed by atoms with Crippen LogP contribution in [0.15, 0.2) is 24.3 Å². The van der Waals surface area contributed by atoms with E-state index in [2.05, 4.69) is 22.3 Å². The zero-order valence-electron chi connectivity index (χ0n) is 13.5. The molecule has 0 saturated carbocycles. The Bertz CT molecular complexity index is 663. The Morgan fingerprint density at radius 3 is 2.78 bits per heavy atom. The van der Waals surface area contributed by atoms with Gasteiger partial charge < -0.3 is 15.0 Å². The summed E-state index contributed by atoms with van der Waals surface area (Å²) in [6.07, 6.45) is 6.38. The Morgan fingerprint density at radius 2 is 1.96 bits per heavy atom. The van der Waals surface area contributed by atoms with Crippen molar-refractivity contribution in [1.82, 2.24) is 9.97 Å². The van der Waals surface area contributed by atoms with Crippen LogP contribution in [0.2, 0.25) is 0 Å². The van der Waals surface area contributed by atoms with Crippen LogP contribution in [0.1, 0.15) is 32.1 Å². The third-order valence-electron chi connectivity index (χ3n) is 4.75. The van der Waals surface area contributed by atoms with Crippen LogP contribution >= 0.6 is 0 Å². The largest absolute Gasteiger partial charge is 0.376 e. The number of nitrogens with one attached hydrogen (secondary N) is 1. The maximum absolute atomic E-state index is 5.72. The Kier molecular flexibility index (Phi) is 4.28. The highest BCUT2D eigenvalue weighted by Crippen LogP contribution is 2.25. The molecule has 1 aromatic heterocycles. The quantitative estimate of drug-likeness (QED) is 0.939. The van der Waals surface area contributed by atoms with E-state index in [0.29, 0.717) is 6.10 Å². The molecule has 1 atom stereocenters. The van der Waals surface area contributed by atoms with Crippen molar-refractivity contribution in [2.24, 2.45) is 0 Å². The van der Waals surface area contributed by atoms with E-state index in [1.54, 1.807) is 0 Å². The summed E-state index contributed by atoms with van der Waals surface area (Å²) in [5, 5.41) is 4.60. The van der Waals surface area contributed by atoms with Crippen LogP contribution in [0.4, 0.5) is 11.8 Å². The van der Waals surface area contributed by atoms with Gasteiger partial charge in [-0.1, -0.05) is 12.1 Å². The second kappa shape index (κ2) is 6.71. The molecule has 1 aromatic carbocycles. The number of para-hydroxylation sites is 1. The number of benzene rings is 1. The molecule has 23 heavy (non-hydrogen) atoms. The van der Waals surface area contributed by atoms with Gasteiger partial charge in [0.2, 0.25) is 5.95 Å². The summed E-state index contributed by atoms with van der Waals surface area (Å²) in [5.41, 5.74) is 1.01. The van der Waals surface area contributed by atoms with E-state index in [9.17, 15) is 0 Å². The van der Waals surface area contributed by atoms with Crippen molar-refractivity contribution < 1.29 is 4.74 Å². The second-order valence-electron chi connectivity index (χ2n) is 6.45. The second-order valence-corrected chi connectivity index (χ2v) is 6.45. The lowest BCUT2D eigenvalue weighted by molar-refractivity contribution is 0.120. The van der Waals surface area contributed by atoms with E-state index >= 15 is 0 Å². The van der Waals surface area contributed by atoms with E-state index in [1.807, 2.05) is 12.1 Å². The number of hydrogen-bond acceptors (Lipinski definition) is 5. The van der Waals surface area contributed by atoms with Gasteiger partial charge in [-0.3, -0.25) is 0 Å². The topological polar surface area (TPSA) is 50.3 Å². The summed E-state index contributed by atoms with van der Waals surface area (Å²) in [6, 6.07) is 8.25. The number of nitrogens with zero attached hydrogens (tertiary/aromatic N) is 3. The van der Waals surface area contributed by atoms with Crippen LogP contribution in [0, 0.1) is 0 Å². The highest BCUT2D eigenvalue weighted by Gasteiger charge is 2.18. The first-order valence-electron chi connectivity index (χ1n) is 8.77. The Balaban J connectivity index is 1.62. The monoisotopic (exact) mass is 312 g/mol. The molecule has 0 amide bonds. The van der Waals surface area contributed by atoms with Gasteiger partial charge in [-0.05, 0) is 44.2 Å². The average Bonchev–Trinajstić information content (AvgIpc) is 3.14. The van der Waals surface area contributed by atoms with Crippen molar-refractivity contribution in [1.29, 1.82) is 0 Å². The molecule has 5 heteroatoms. The lowest BCUT2D eigenvalue weighted by Crippen LogP contribution is -2.31. The minimum atomic E-state index is 0.308. The fourth-order valence-electron chi connectivity index (χ4n) is 3.45. The Hall–Kier alpha value is -1.88. The van der Waals surface area contributed by atoms with E-state index < -0.39 is 0 Å². The molecule has 0 radical (unpaired) electrons. The standard InChI is InChI=1S/C18H24N4O/c1-4-10-22(11-5-1)18-20-16-9-3-2-8-15(16)17(21-18)19-13-14-7-6-12-23-14/h2-3,8-9,14H,1,4-7,10-13H2,(H,19,20,21)/t14-/m0/s1. The molecule has 3 heterocycles. The highest BCUT2D eigenvalue weighted by atomic mass is 16.5. The Labute approximate surface area is 137 Å². The molecule has 0 aliphatic carbocycles. The zero-order chi connectivity index (χ0) is 15.5. The molecule has 2 saturated heterocycles. The SMILES string of the molecule is c1ccc2c(NC[C@@H]3CCCO3)nc(N3CCCCC3)nc2c1. The van der Waals surface area contributed by atoms with Crippen molar-refractivity contribution in [3.05, 3.63) is 24.3 Å². The molecule has 122 valence electrons. The van der Waals surface area contributed by atoms with Crippen LogP contribution in [-0.4, -0.2) is 42.3 Å². The number of ether oxygens (including phenoxy) is 1. The summed E-state index contributed by atoms with van der Waals surface area (Å²) in [7, 11) is 0. The fraction of sp³-hybridized carbons (Fsp3) is 0.556. The summed E-state index contributed by atoms with van der Waals surface area (Å²) in [5.74, 6) is 1.80. The zero-order valence-corrected chi connectivity index (χ0v) is 13.5.